The lowest BCUT2D eigenvalue weighted by Gasteiger charge is -2.41. The maximum Gasteiger partial charge on any atom is 0.0705 e. The lowest BCUT2D eigenvalue weighted by molar-refractivity contribution is 0.132. The summed E-state index contributed by atoms with van der Waals surface area (Å²) in [6, 6.07) is 12.6. The molecule has 1 aromatic carbocycles. The molecule has 112 valence electrons. The van der Waals surface area contributed by atoms with Crippen molar-refractivity contribution < 1.29 is 0 Å². The summed E-state index contributed by atoms with van der Waals surface area (Å²) in [5.74, 6) is 0.598. The minimum Gasteiger partial charge on any atom is -0.253 e. The first kappa shape index (κ1) is 14.8. The molecule has 0 bridgehead atoms. The van der Waals surface area contributed by atoms with E-state index in [2.05, 4.69) is 44.2 Å². The van der Waals surface area contributed by atoms with Crippen molar-refractivity contribution >= 4 is 22.5 Å². The molecule has 1 aliphatic carbocycles. The van der Waals surface area contributed by atoms with Crippen LogP contribution >= 0.6 is 11.6 Å². The van der Waals surface area contributed by atoms with Gasteiger partial charge in [0.1, 0.15) is 0 Å². The van der Waals surface area contributed by atoms with Gasteiger partial charge in [-0.05, 0) is 36.3 Å². The molecule has 0 aliphatic heterocycles. The molecule has 0 amide bonds. The number of nitrogens with zero attached hydrogens (tertiary/aromatic N) is 1. The minimum absolute atomic E-state index is 0.189. The molecule has 1 nitrogen and oxygen atoms in total. The summed E-state index contributed by atoms with van der Waals surface area (Å²) in [6.07, 6.45) is 6.10. The number of alkyl halides is 1. The normalized spacial score (nSPS) is 23.1. The highest BCUT2D eigenvalue weighted by Gasteiger charge is 2.36. The molecule has 0 N–H and O–H groups in total. The number of halogens is 1. The van der Waals surface area contributed by atoms with Crippen molar-refractivity contribution in [3.8, 4) is 0 Å². The number of pyridine rings is 1. The molecular weight excluding hydrogens is 278 g/mol. The third kappa shape index (κ3) is 3.23. The van der Waals surface area contributed by atoms with Crippen molar-refractivity contribution in [1.29, 1.82) is 0 Å². The Hall–Kier alpha value is -1.08. The summed E-state index contributed by atoms with van der Waals surface area (Å²) in [7, 11) is 0. The van der Waals surface area contributed by atoms with Gasteiger partial charge in [-0.15, -0.1) is 11.6 Å². The smallest absolute Gasteiger partial charge is 0.0705 e. The first-order valence-electron chi connectivity index (χ1n) is 8.05. The Bertz CT molecular complexity index is 620. The SMILES string of the molecule is CC1(C)CCCCC1C(Cl)Cc1ccc2ccccc2n1. The number of benzene rings is 1. The Morgan fingerprint density at radius 2 is 2.00 bits per heavy atom. The molecule has 2 aromatic rings. The molecule has 0 spiro atoms. The van der Waals surface area contributed by atoms with Crippen LogP contribution in [0.25, 0.3) is 10.9 Å². The van der Waals surface area contributed by atoms with Crippen LogP contribution in [0.5, 0.6) is 0 Å². The molecule has 1 fully saturated rings. The van der Waals surface area contributed by atoms with Gasteiger partial charge in [0.05, 0.1) is 5.52 Å². The zero-order valence-electron chi connectivity index (χ0n) is 13.0. The van der Waals surface area contributed by atoms with E-state index >= 15 is 0 Å². The Morgan fingerprint density at radius 3 is 2.81 bits per heavy atom. The van der Waals surface area contributed by atoms with Crippen molar-refractivity contribution in [1.82, 2.24) is 4.98 Å². The van der Waals surface area contributed by atoms with E-state index in [0.29, 0.717) is 11.3 Å². The Morgan fingerprint density at radius 1 is 1.19 bits per heavy atom. The molecule has 1 heterocycles. The molecule has 0 saturated heterocycles. The number of hydrogen-bond acceptors (Lipinski definition) is 1. The van der Waals surface area contributed by atoms with Crippen LogP contribution in [0.15, 0.2) is 36.4 Å². The molecule has 2 unspecified atom stereocenters. The van der Waals surface area contributed by atoms with Crippen molar-refractivity contribution in [3.63, 3.8) is 0 Å². The van der Waals surface area contributed by atoms with Crippen molar-refractivity contribution in [3.05, 3.63) is 42.1 Å². The topological polar surface area (TPSA) is 12.9 Å². The summed E-state index contributed by atoms with van der Waals surface area (Å²) in [5.41, 5.74) is 2.55. The van der Waals surface area contributed by atoms with Gasteiger partial charge in [0.15, 0.2) is 0 Å². The van der Waals surface area contributed by atoms with E-state index in [-0.39, 0.29) is 5.38 Å². The zero-order chi connectivity index (χ0) is 14.9. The third-order valence-corrected chi connectivity index (χ3v) is 5.55. The van der Waals surface area contributed by atoms with Gasteiger partial charge >= 0.3 is 0 Å². The molecule has 21 heavy (non-hydrogen) atoms. The molecule has 1 saturated carbocycles. The van der Waals surface area contributed by atoms with E-state index in [1.165, 1.54) is 31.1 Å². The number of hydrogen-bond donors (Lipinski definition) is 0. The first-order valence-corrected chi connectivity index (χ1v) is 8.49. The number of fused-ring (bicyclic) bond motifs is 1. The van der Waals surface area contributed by atoms with Gasteiger partial charge < -0.3 is 0 Å². The average molecular weight is 302 g/mol. The van der Waals surface area contributed by atoms with E-state index in [4.69, 9.17) is 16.6 Å². The Balaban J connectivity index is 1.77. The van der Waals surface area contributed by atoms with Gasteiger partial charge in [-0.25, -0.2) is 0 Å². The highest BCUT2D eigenvalue weighted by Crippen LogP contribution is 2.44. The van der Waals surface area contributed by atoms with Crippen molar-refractivity contribution in [2.75, 3.05) is 0 Å². The average Bonchev–Trinajstić information content (AvgIpc) is 2.46. The largest absolute Gasteiger partial charge is 0.253 e. The van der Waals surface area contributed by atoms with Gasteiger partial charge in [-0.3, -0.25) is 4.98 Å². The zero-order valence-corrected chi connectivity index (χ0v) is 13.7. The summed E-state index contributed by atoms with van der Waals surface area (Å²) < 4.78 is 0. The second kappa shape index (κ2) is 5.96. The van der Waals surface area contributed by atoms with Crippen LogP contribution in [0.2, 0.25) is 0 Å². The lowest BCUT2D eigenvalue weighted by Crippen LogP contribution is -2.35. The maximum absolute atomic E-state index is 6.79. The monoisotopic (exact) mass is 301 g/mol. The quantitative estimate of drug-likeness (QED) is 0.672. The number of para-hydroxylation sites is 1. The standard InChI is InChI=1S/C19H24ClN/c1-19(2)12-6-5-8-16(19)17(20)13-15-11-10-14-7-3-4-9-18(14)21-15/h3-4,7,9-11,16-17H,5-6,8,12-13H2,1-2H3. The predicted molar refractivity (Wildman–Crippen MR) is 90.8 cm³/mol. The highest BCUT2D eigenvalue weighted by molar-refractivity contribution is 6.21. The van der Waals surface area contributed by atoms with E-state index in [1.807, 2.05) is 6.07 Å². The van der Waals surface area contributed by atoms with Crippen LogP contribution in [-0.4, -0.2) is 10.4 Å². The highest BCUT2D eigenvalue weighted by atomic mass is 35.5. The van der Waals surface area contributed by atoms with Crippen LogP contribution in [0.4, 0.5) is 0 Å². The fourth-order valence-electron chi connectivity index (χ4n) is 3.76. The van der Waals surface area contributed by atoms with Crippen LogP contribution in [0.1, 0.15) is 45.2 Å². The van der Waals surface area contributed by atoms with Crippen LogP contribution in [0, 0.1) is 11.3 Å². The number of aromatic nitrogens is 1. The van der Waals surface area contributed by atoms with Gasteiger partial charge in [0.2, 0.25) is 0 Å². The van der Waals surface area contributed by atoms with Crippen LogP contribution in [-0.2, 0) is 6.42 Å². The van der Waals surface area contributed by atoms with Crippen LogP contribution in [0.3, 0.4) is 0 Å². The van der Waals surface area contributed by atoms with Crippen molar-refractivity contribution in [2.45, 2.75) is 51.3 Å². The summed E-state index contributed by atoms with van der Waals surface area (Å²) in [6.45, 7) is 4.75. The predicted octanol–water partition coefficient (Wildman–Crippen LogP) is 5.60. The Kier molecular flexibility index (Phi) is 4.21. The van der Waals surface area contributed by atoms with E-state index in [9.17, 15) is 0 Å². The molecule has 0 radical (unpaired) electrons. The summed E-state index contributed by atoms with van der Waals surface area (Å²) >= 11 is 6.79. The van der Waals surface area contributed by atoms with E-state index in [0.717, 1.165) is 17.6 Å². The van der Waals surface area contributed by atoms with Crippen molar-refractivity contribution in [2.24, 2.45) is 11.3 Å². The fraction of sp³-hybridized carbons (Fsp3) is 0.526. The van der Waals surface area contributed by atoms with Gasteiger partial charge in [-0.1, -0.05) is 51.0 Å². The van der Waals surface area contributed by atoms with E-state index < -0.39 is 0 Å². The molecule has 3 rings (SSSR count). The summed E-state index contributed by atoms with van der Waals surface area (Å²) in [5, 5.41) is 1.39. The second-order valence-electron chi connectivity index (χ2n) is 7.06. The molecular formula is C19H24ClN. The summed E-state index contributed by atoms with van der Waals surface area (Å²) in [4.78, 5) is 4.77. The second-order valence-corrected chi connectivity index (χ2v) is 7.62. The van der Waals surface area contributed by atoms with E-state index in [1.54, 1.807) is 0 Å². The van der Waals surface area contributed by atoms with Gasteiger partial charge in [0, 0.05) is 22.9 Å². The lowest BCUT2D eigenvalue weighted by atomic mass is 9.67. The molecule has 1 aromatic heterocycles. The fourth-order valence-corrected chi connectivity index (χ4v) is 4.38. The Labute approximate surface area is 132 Å². The molecule has 2 atom stereocenters. The minimum atomic E-state index is 0.189. The molecule has 2 heteroatoms. The van der Waals surface area contributed by atoms with Crippen LogP contribution < -0.4 is 0 Å². The molecule has 1 aliphatic rings. The van der Waals surface area contributed by atoms with Gasteiger partial charge in [0.25, 0.3) is 0 Å². The first-order chi connectivity index (χ1) is 10.1. The number of rotatable bonds is 3. The van der Waals surface area contributed by atoms with Gasteiger partial charge in [-0.2, -0.15) is 0 Å². The third-order valence-electron chi connectivity index (χ3n) is 5.09. The maximum atomic E-state index is 6.79.